The number of carbonyl (C=O) groups is 3. The Balaban J connectivity index is 1.79. The Kier molecular flexibility index (Phi) is 2.88. The number of hydrogen-bond acceptors (Lipinski definition) is 6. The third-order valence-corrected chi connectivity index (χ3v) is 4.68. The molecule has 0 spiro atoms. The van der Waals surface area contributed by atoms with Gasteiger partial charge in [0.15, 0.2) is 17.3 Å². The van der Waals surface area contributed by atoms with Gasteiger partial charge in [-0.05, 0) is 24.1 Å². The second kappa shape index (κ2) is 4.71. The summed E-state index contributed by atoms with van der Waals surface area (Å²) in [5.41, 5.74) is 0.143. The SMILES string of the molecule is CC(=O)OCC12CCC(=O)N1Cc1cc3c(cc1C2=O)OCO3. The van der Waals surface area contributed by atoms with Gasteiger partial charge in [-0.25, -0.2) is 0 Å². The molecule has 23 heavy (non-hydrogen) atoms. The second-order valence-electron chi connectivity index (χ2n) is 5.98. The van der Waals surface area contributed by atoms with Gasteiger partial charge < -0.3 is 19.1 Å². The molecule has 1 amide bonds. The van der Waals surface area contributed by atoms with Crippen molar-refractivity contribution in [1.29, 1.82) is 0 Å². The highest BCUT2D eigenvalue weighted by molar-refractivity contribution is 6.09. The van der Waals surface area contributed by atoms with Crippen LogP contribution in [0, 0.1) is 0 Å². The van der Waals surface area contributed by atoms with Crippen LogP contribution >= 0.6 is 0 Å². The summed E-state index contributed by atoms with van der Waals surface area (Å²) >= 11 is 0. The van der Waals surface area contributed by atoms with Crippen LogP contribution in [0.25, 0.3) is 0 Å². The van der Waals surface area contributed by atoms with Crippen LogP contribution < -0.4 is 9.47 Å². The summed E-state index contributed by atoms with van der Waals surface area (Å²) in [5, 5.41) is 0. The fraction of sp³-hybridized carbons (Fsp3) is 0.438. The molecule has 3 heterocycles. The predicted molar refractivity (Wildman–Crippen MR) is 76.0 cm³/mol. The zero-order valence-corrected chi connectivity index (χ0v) is 12.6. The highest BCUT2D eigenvalue weighted by atomic mass is 16.7. The minimum absolute atomic E-state index is 0.103. The summed E-state index contributed by atoms with van der Waals surface area (Å²) in [4.78, 5) is 38.0. The van der Waals surface area contributed by atoms with Crippen LogP contribution in [0.4, 0.5) is 0 Å². The molecule has 7 heteroatoms. The zero-order chi connectivity index (χ0) is 16.2. The lowest BCUT2D eigenvalue weighted by atomic mass is 9.81. The molecule has 0 aliphatic carbocycles. The lowest BCUT2D eigenvalue weighted by Crippen LogP contribution is -2.57. The lowest BCUT2D eigenvalue weighted by Gasteiger charge is -2.40. The quantitative estimate of drug-likeness (QED) is 0.758. The molecule has 7 nitrogen and oxygen atoms in total. The van der Waals surface area contributed by atoms with Crippen LogP contribution in [-0.4, -0.2) is 41.5 Å². The van der Waals surface area contributed by atoms with Crippen molar-refractivity contribution in [3.8, 4) is 11.5 Å². The van der Waals surface area contributed by atoms with Crippen LogP contribution in [-0.2, 0) is 20.9 Å². The van der Waals surface area contributed by atoms with Crippen molar-refractivity contribution in [2.45, 2.75) is 31.8 Å². The van der Waals surface area contributed by atoms with Crippen molar-refractivity contribution in [2.75, 3.05) is 13.4 Å². The molecule has 4 rings (SSSR count). The average molecular weight is 317 g/mol. The number of nitrogens with zero attached hydrogens (tertiary/aromatic N) is 1. The molecule has 1 aromatic carbocycles. The summed E-state index contributed by atoms with van der Waals surface area (Å²) in [6, 6.07) is 3.41. The van der Waals surface area contributed by atoms with E-state index in [0.717, 1.165) is 5.56 Å². The van der Waals surface area contributed by atoms with Gasteiger partial charge in [0.05, 0.1) is 0 Å². The molecule has 1 unspecified atom stereocenters. The first-order valence-corrected chi connectivity index (χ1v) is 7.42. The third-order valence-electron chi connectivity index (χ3n) is 4.68. The Hall–Kier alpha value is -2.57. The van der Waals surface area contributed by atoms with Crippen molar-refractivity contribution in [2.24, 2.45) is 0 Å². The molecule has 0 radical (unpaired) electrons. The van der Waals surface area contributed by atoms with Gasteiger partial charge in [0, 0.05) is 25.5 Å². The fourth-order valence-electron chi connectivity index (χ4n) is 3.48. The maximum atomic E-state index is 13.1. The fourth-order valence-corrected chi connectivity index (χ4v) is 3.48. The van der Waals surface area contributed by atoms with E-state index in [1.165, 1.54) is 11.8 Å². The van der Waals surface area contributed by atoms with E-state index in [1.807, 2.05) is 0 Å². The molecule has 1 saturated heterocycles. The van der Waals surface area contributed by atoms with Gasteiger partial charge in [-0.15, -0.1) is 0 Å². The van der Waals surface area contributed by atoms with Crippen molar-refractivity contribution >= 4 is 17.7 Å². The summed E-state index contributed by atoms with van der Waals surface area (Å²) in [6.45, 7) is 1.60. The van der Waals surface area contributed by atoms with Crippen LogP contribution in [0.3, 0.4) is 0 Å². The molecule has 1 aromatic rings. The van der Waals surface area contributed by atoms with Crippen LogP contribution in [0.2, 0.25) is 0 Å². The molecular formula is C16H15NO6. The van der Waals surface area contributed by atoms with Crippen molar-refractivity contribution in [3.05, 3.63) is 23.3 Å². The summed E-state index contributed by atoms with van der Waals surface area (Å²) in [5.74, 6) is 0.328. The molecule has 1 atom stereocenters. The Bertz CT molecular complexity index is 742. The molecule has 0 aromatic heterocycles. The first-order valence-electron chi connectivity index (χ1n) is 7.42. The Morgan fingerprint density at radius 3 is 2.78 bits per heavy atom. The standard InChI is InChI=1S/C16H15NO6/c1-9(18)21-7-16-3-2-14(19)17(16)6-10-4-12-13(23-8-22-12)5-11(10)15(16)20/h4-5H,2-3,6-8H2,1H3. The van der Waals surface area contributed by atoms with Crippen LogP contribution in [0.15, 0.2) is 12.1 Å². The number of amides is 1. The van der Waals surface area contributed by atoms with E-state index in [1.54, 1.807) is 12.1 Å². The molecule has 1 fully saturated rings. The summed E-state index contributed by atoms with van der Waals surface area (Å²) in [6.07, 6.45) is 0.625. The van der Waals surface area contributed by atoms with E-state index in [0.29, 0.717) is 30.0 Å². The van der Waals surface area contributed by atoms with E-state index in [-0.39, 0.29) is 31.5 Å². The first kappa shape index (κ1) is 14.0. The molecular weight excluding hydrogens is 302 g/mol. The lowest BCUT2D eigenvalue weighted by molar-refractivity contribution is -0.146. The number of rotatable bonds is 2. The number of fused-ring (bicyclic) bond motifs is 3. The number of Topliss-reactive ketones (excluding diaryl/α,β-unsaturated/α-hetero) is 1. The largest absolute Gasteiger partial charge is 0.463 e. The van der Waals surface area contributed by atoms with Crippen molar-refractivity contribution in [1.82, 2.24) is 4.90 Å². The maximum absolute atomic E-state index is 13.1. The average Bonchev–Trinajstić information content (AvgIpc) is 3.10. The van der Waals surface area contributed by atoms with Gasteiger partial charge in [0.2, 0.25) is 12.7 Å². The number of carbonyl (C=O) groups excluding carboxylic acids is 3. The Morgan fingerprint density at radius 2 is 2.04 bits per heavy atom. The highest BCUT2D eigenvalue weighted by Crippen LogP contribution is 2.44. The van der Waals surface area contributed by atoms with Crippen LogP contribution in [0.5, 0.6) is 11.5 Å². The van der Waals surface area contributed by atoms with Crippen molar-refractivity contribution in [3.63, 3.8) is 0 Å². The molecule has 3 aliphatic rings. The number of ketones is 1. The van der Waals surface area contributed by atoms with E-state index in [2.05, 4.69) is 0 Å². The molecule has 0 bridgehead atoms. The summed E-state index contributed by atoms with van der Waals surface area (Å²) in [7, 11) is 0. The van der Waals surface area contributed by atoms with Gasteiger partial charge in [-0.1, -0.05) is 0 Å². The minimum atomic E-state index is -1.09. The van der Waals surface area contributed by atoms with Crippen molar-refractivity contribution < 1.29 is 28.6 Å². The van der Waals surface area contributed by atoms with Gasteiger partial charge in [-0.2, -0.15) is 0 Å². The van der Waals surface area contributed by atoms with E-state index < -0.39 is 11.5 Å². The first-order chi connectivity index (χ1) is 11.0. The number of hydrogen-bond donors (Lipinski definition) is 0. The number of ether oxygens (including phenoxy) is 3. The normalized spacial score (nSPS) is 24.5. The molecule has 3 aliphatic heterocycles. The van der Waals surface area contributed by atoms with Gasteiger partial charge >= 0.3 is 5.97 Å². The van der Waals surface area contributed by atoms with Gasteiger partial charge in [0.1, 0.15) is 12.1 Å². The number of esters is 1. The zero-order valence-electron chi connectivity index (χ0n) is 12.6. The number of benzene rings is 1. The maximum Gasteiger partial charge on any atom is 0.302 e. The Morgan fingerprint density at radius 1 is 1.30 bits per heavy atom. The molecule has 0 saturated carbocycles. The minimum Gasteiger partial charge on any atom is -0.463 e. The smallest absolute Gasteiger partial charge is 0.302 e. The van der Waals surface area contributed by atoms with Crippen LogP contribution in [0.1, 0.15) is 35.7 Å². The van der Waals surface area contributed by atoms with E-state index >= 15 is 0 Å². The monoisotopic (exact) mass is 317 g/mol. The van der Waals surface area contributed by atoms with Gasteiger partial charge in [0.25, 0.3) is 0 Å². The molecule has 120 valence electrons. The topological polar surface area (TPSA) is 82.1 Å². The van der Waals surface area contributed by atoms with E-state index in [4.69, 9.17) is 14.2 Å². The predicted octanol–water partition coefficient (Wildman–Crippen LogP) is 1.04. The Labute approximate surface area is 132 Å². The van der Waals surface area contributed by atoms with Gasteiger partial charge in [-0.3, -0.25) is 14.4 Å². The van der Waals surface area contributed by atoms with E-state index in [9.17, 15) is 14.4 Å². The third kappa shape index (κ3) is 1.92. The second-order valence-corrected chi connectivity index (χ2v) is 5.98. The molecule has 0 N–H and O–H groups in total. The highest BCUT2D eigenvalue weighted by Gasteiger charge is 2.55. The summed E-state index contributed by atoms with van der Waals surface area (Å²) < 4.78 is 15.8.